The van der Waals surface area contributed by atoms with Crippen molar-refractivity contribution in [2.75, 3.05) is 13.9 Å². The zero-order valence-corrected chi connectivity index (χ0v) is 6.64. The van der Waals surface area contributed by atoms with Gasteiger partial charge in [0.15, 0.2) is 0 Å². The van der Waals surface area contributed by atoms with Crippen molar-refractivity contribution in [2.45, 2.75) is 11.0 Å². The highest BCUT2D eigenvalue weighted by molar-refractivity contribution is 14.1. The smallest absolute Gasteiger partial charge is 0.147 e. The van der Waals surface area contributed by atoms with Gasteiger partial charge in [0.2, 0.25) is 0 Å². The molecule has 0 aromatic heterocycles. The van der Waals surface area contributed by atoms with Crippen LogP contribution in [0.25, 0.3) is 0 Å². The fraction of sp³-hybridized carbons (Fsp3) is 1.00. The van der Waals surface area contributed by atoms with Gasteiger partial charge in [0.05, 0.1) is 0 Å². The van der Waals surface area contributed by atoms with Gasteiger partial charge in [-0.3, -0.25) is 0 Å². The molecule has 0 aliphatic heterocycles. The summed E-state index contributed by atoms with van der Waals surface area (Å²) in [6.07, 6.45) is 0. The van der Waals surface area contributed by atoms with Gasteiger partial charge in [-0.15, -0.1) is 0 Å². The van der Waals surface area contributed by atoms with Crippen molar-refractivity contribution in [3.05, 3.63) is 0 Å². The van der Waals surface area contributed by atoms with E-state index in [9.17, 15) is 0 Å². The Balaban J connectivity index is 2.68. The molecule has 0 radical (unpaired) electrons. The summed E-state index contributed by atoms with van der Waals surface area (Å²) in [4.78, 5) is 0. The lowest BCUT2D eigenvalue weighted by Crippen LogP contribution is -2.00. The van der Waals surface area contributed by atoms with Gasteiger partial charge in [-0.05, 0) is 6.92 Å². The SMILES string of the molecule is COCOC(C)I. The number of rotatable bonds is 3. The molecule has 0 amide bonds. The van der Waals surface area contributed by atoms with Crippen LogP contribution in [0, 0.1) is 0 Å². The van der Waals surface area contributed by atoms with Gasteiger partial charge in [-0.25, -0.2) is 0 Å². The molecule has 0 saturated heterocycles. The number of ether oxygens (including phenoxy) is 2. The van der Waals surface area contributed by atoms with Crippen LogP contribution in [0.2, 0.25) is 0 Å². The summed E-state index contributed by atoms with van der Waals surface area (Å²) in [6.45, 7) is 2.35. The van der Waals surface area contributed by atoms with Crippen LogP contribution in [0.3, 0.4) is 0 Å². The molecular weight excluding hydrogens is 207 g/mol. The van der Waals surface area contributed by atoms with Gasteiger partial charge in [-0.1, -0.05) is 22.6 Å². The molecular formula is C4H9IO2. The van der Waals surface area contributed by atoms with Crippen molar-refractivity contribution in [2.24, 2.45) is 0 Å². The van der Waals surface area contributed by atoms with E-state index in [0.717, 1.165) is 0 Å². The molecule has 7 heavy (non-hydrogen) atoms. The fourth-order valence-corrected chi connectivity index (χ4v) is 0.309. The highest BCUT2D eigenvalue weighted by Gasteiger charge is 1.89. The van der Waals surface area contributed by atoms with Crippen molar-refractivity contribution in [3.63, 3.8) is 0 Å². The van der Waals surface area contributed by atoms with E-state index >= 15 is 0 Å². The Labute approximate surface area is 57.3 Å². The van der Waals surface area contributed by atoms with E-state index in [0.29, 0.717) is 6.79 Å². The van der Waals surface area contributed by atoms with Gasteiger partial charge < -0.3 is 9.47 Å². The van der Waals surface area contributed by atoms with Crippen LogP contribution >= 0.6 is 22.6 Å². The standard InChI is InChI=1S/C4H9IO2/c1-4(5)7-3-6-2/h4H,3H2,1-2H3. The molecule has 44 valence electrons. The van der Waals surface area contributed by atoms with Crippen molar-refractivity contribution >= 4 is 22.6 Å². The highest BCUT2D eigenvalue weighted by atomic mass is 127. The first-order chi connectivity index (χ1) is 3.27. The van der Waals surface area contributed by atoms with Gasteiger partial charge in [0, 0.05) is 7.11 Å². The molecule has 0 aliphatic carbocycles. The lowest BCUT2D eigenvalue weighted by molar-refractivity contribution is -0.0314. The molecule has 0 aromatic carbocycles. The molecule has 0 N–H and O–H groups in total. The molecule has 3 heteroatoms. The molecule has 0 heterocycles. The normalized spacial score (nSPS) is 14.1. The minimum Gasteiger partial charge on any atom is -0.359 e. The second kappa shape index (κ2) is 4.80. The summed E-state index contributed by atoms with van der Waals surface area (Å²) in [5.74, 6) is 0. The average Bonchev–Trinajstić information content (AvgIpc) is 1.61. The Morgan fingerprint density at radius 2 is 2.29 bits per heavy atom. The van der Waals surface area contributed by atoms with Crippen LogP contribution in [-0.4, -0.2) is 18.0 Å². The second-order valence-corrected chi connectivity index (χ2v) is 2.87. The minimum absolute atomic E-state index is 0.248. The summed E-state index contributed by atoms with van der Waals surface area (Å²) in [6, 6.07) is 0. The van der Waals surface area contributed by atoms with Gasteiger partial charge in [0.1, 0.15) is 10.9 Å². The van der Waals surface area contributed by atoms with Gasteiger partial charge >= 0.3 is 0 Å². The number of hydrogen-bond donors (Lipinski definition) is 0. The molecule has 0 rings (SSSR count). The predicted molar refractivity (Wildman–Crippen MR) is 36.4 cm³/mol. The Hall–Kier alpha value is 0.650. The van der Waals surface area contributed by atoms with E-state index in [1.54, 1.807) is 7.11 Å². The summed E-state index contributed by atoms with van der Waals surface area (Å²) < 4.78 is 9.83. The summed E-state index contributed by atoms with van der Waals surface area (Å²) >= 11 is 2.16. The number of halogens is 1. The average molecular weight is 216 g/mol. The molecule has 2 nitrogen and oxygen atoms in total. The first-order valence-electron chi connectivity index (χ1n) is 2.02. The molecule has 1 atom stereocenters. The Morgan fingerprint density at radius 3 is 2.43 bits per heavy atom. The molecule has 0 spiro atoms. The molecule has 0 aromatic rings. The van der Waals surface area contributed by atoms with Crippen molar-refractivity contribution < 1.29 is 9.47 Å². The summed E-state index contributed by atoms with van der Waals surface area (Å²) in [5.41, 5.74) is 0. The third-order valence-corrected chi connectivity index (χ3v) is 0.775. The van der Waals surface area contributed by atoms with Gasteiger partial charge in [0.25, 0.3) is 0 Å². The Morgan fingerprint density at radius 1 is 1.71 bits per heavy atom. The Kier molecular flexibility index (Phi) is 5.25. The first-order valence-corrected chi connectivity index (χ1v) is 3.26. The van der Waals surface area contributed by atoms with Crippen molar-refractivity contribution in [1.82, 2.24) is 0 Å². The quantitative estimate of drug-likeness (QED) is 0.403. The van der Waals surface area contributed by atoms with Crippen LogP contribution in [0.15, 0.2) is 0 Å². The largest absolute Gasteiger partial charge is 0.359 e. The molecule has 0 bridgehead atoms. The predicted octanol–water partition coefficient (Wildman–Crippen LogP) is 1.39. The molecule has 1 unspecified atom stereocenters. The van der Waals surface area contributed by atoms with E-state index in [-0.39, 0.29) is 4.11 Å². The van der Waals surface area contributed by atoms with E-state index in [4.69, 9.17) is 4.74 Å². The molecule has 0 saturated carbocycles. The third kappa shape index (κ3) is 6.65. The number of alkyl halides is 1. The Bertz CT molecular complexity index is 38.7. The zero-order valence-electron chi connectivity index (χ0n) is 4.48. The van der Waals surface area contributed by atoms with Crippen molar-refractivity contribution in [1.29, 1.82) is 0 Å². The molecule has 0 aliphatic rings. The molecule has 0 fully saturated rings. The second-order valence-electron chi connectivity index (χ2n) is 1.12. The van der Waals surface area contributed by atoms with Crippen LogP contribution in [0.4, 0.5) is 0 Å². The maximum absolute atomic E-state index is 4.96. The van der Waals surface area contributed by atoms with Gasteiger partial charge in [-0.2, -0.15) is 0 Å². The number of hydrogen-bond acceptors (Lipinski definition) is 2. The van der Waals surface area contributed by atoms with Crippen LogP contribution in [0.1, 0.15) is 6.92 Å². The number of methoxy groups -OCH3 is 1. The van der Waals surface area contributed by atoms with Crippen molar-refractivity contribution in [3.8, 4) is 0 Å². The lowest BCUT2D eigenvalue weighted by Gasteiger charge is -2.01. The van der Waals surface area contributed by atoms with E-state index < -0.39 is 0 Å². The van der Waals surface area contributed by atoms with Crippen LogP contribution in [-0.2, 0) is 9.47 Å². The highest BCUT2D eigenvalue weighted by Crippen LogP contribution is 1.98. The topological polar surface area (TPSA) is 18.5 Å². The van der Waals surface area contributed by atoms with E-state index in [1.807, 2.05) is 6.92 Å². The van der Waals surface area contributed by atoms with Crippen LogP contribution < -0.4 is 0 Å². The zero-order chi connectivity index (χ0) is 5.70. The summed E-state index contributed by atoms with van der Waals surface area (Å²) in [5, 5.41) is 0. The fourth-order valence-electron chi connectivity index (χ4n) is 0.162. The maximum Gasteiger partial charge on any atom is 0.147 e. The van der Waals surface area contributed by atoms with E-state index in [2.05, 4.69) is 27.3 Å². The first kappa shape index (κ1) is 7.65. The third-order valence-electron chi connectivity index (χ3n) is 0.416. The van der Waals surface area contributed by atoms with E-state index in [1.165, 1.54) is 0 Å². The summed E-state index contributed by atoms with van der Waals surface area (Å²) in [7, 11) is 1.61. The monoisotopic (exact) mass is 216 g/mol. The van der Waals surface area contributed by atoms with Crippen LogP contribution in [0.5, 0.6) is 0 Å². The minimum atomic E-state index is 0.248. The maximum atomic E-state index is 4.96. The lowest BCUT2D eigenvalue weighted by atomic mass is 10.9.